The number of aromatic nitrogens is 4. The van der Waals surface area contributed by atoms with Gasteiger partial charge in [-0.05, 0) is 34.4 Å². The number of carbonyl (C=O) groups is 1. The first-order chi connectivity index (χ1) is 17.0. The lowest BCUT2D eigenvalue weighted by Crippen LogP contribution is -2.33. The predicted molar refractivity (Wildman–Crippen MR) is 134 cm³/mol. The summed E-state index contributed by atoms with van der Waals surface area (Å²) in [6, 6.07) is 19.1. The molecule has 1 aliphatic carbocycles. The van der Waals surface area contributed by atoms with E-state index in [0.717, 1.165) is 22.3 Å². The number of fused-ring (bicyclic) bond motifs is 2. The van der Waals surface area contributed by atoms with Crippen molar-refractivity contribution in [2.75, 3.05) is 12.9 Å². The summed E-state index contributed by atoms with van der Waals surface area (Å²) in [7, 11) is 1.32. The maximum absolute atomic E-state index is 13.1. The standard InChI is InChI=1S/C26H20N4O4S/c1-34-23(31)15-35-22-13-12-21(28-29-22)30-14-20(25(32)27-26(30)33)24-18-8-4-2-6-16(18)10-11-17-7-3-5-9-19(17)24/h2-14,24H,15H2,1H3,(H,27,32,33). The third kappa shape index (κ3) is 4.45. The minimum absolute atomic E-state index is 0.0990. The minimum Gasteiger partial charge on any atom is -0.468 e. The molecule has 8 nitrogen and oxygen atoms in total. The van der Waals surface area contributed by atoms with Gasteiger partial charge in [0.25, 0.3) is 5.56 Å². The number of benzene rings is 2. The number of nitrogens with one attached hydrogen (secondary N) is 1. The van der Waals surface area contributed by atoms with Crippen molar-refractivity contribution >= 4 is 29.9 Å². The van der Waals surface area contributed by atoms with Gasteiger partial charge >= 0.3 is 11.7 Å². The highest BCUT2D eigenvalue weighted by Crippen LogP contribution is 2.37. The topological polar surface area (TPSA) is 107 Å². The molecule has 2 aromatic heterocycles. The maximum atomic E-state index is 13.1. The van der Waals surface area contributed by atoms with Gasteiger partial charge in [0.2, 0.25) is 0 Å². The molecule has 0 aliphatic heterocycles. The van der Waals surface area contributed by atoms with Gasteiger partial charge in [-0.25, -0.2) is 4.79 Å². The maximum Gasteiger partial charge on any atom is 0.334 e. The van der Waals surface area contributed by atoms with Crippen molar-refractivity contribution in [1.82, 2.24) is 19.7 Å². The molecule has 0 spiro atoms. The van der Waals surface area contributed by atoms with E-state index in [1.54, 1.807) is 12.1 Å². The van der Waals surface area contributed by atoms with E-state index in [1.165, 1.54) is 29.6 Å². The van der Waals surface area contributed by atoms with Gasteiger partial charge in [-0.2, -0.15) is 0 Å². The van der Waals surface area contributed by atoms with Crippen LogP contribution in [0.3, 0.4) is 0 Å². The van der Waals surface area contributed by atoms with Gasteiger partial charge in [0, 0.05) is 17.7 Å². The normalized spacial score (nSPS) is 12.5. The lowest BCUT2D eigenvalue weighted by atomic mass is 9.83. The molecule has 2 heterocycles. The van der Waals surface area contributed by atoms with Crippen molar-refractivity contribution in [3.05, 3.63) is 116 Å². The van der Waals surface area contributed by atoms with Crippen LogP contribution in [0, 0.1) is 0 Å². The average molecular weight is 485 g/mol. The molecule has 1 N–H and O–H groups in total. The van der Waals surface area contributed by atoms with E-state index in [1.807, 2.05) is 60.7 Å². The summed E-state index contributed by atoms with van der Waals surface area (Å²) in [5, 5.41) is 8.75. The number of methoxy groups -OCH3 is 1. The molecule has 35 heavy (non-hydrogen) atoms. The van der Waals surface area contributed by atoms with Gasteiger partial charge < -0.3 is 4.74 Å². The molecule has 0 unspecified atom stereocenters. The van der Waals surface area contributed by atoms with Crippen LogP contribution in [0.1, 0.15) is 33.7 Å². The molecular weight excluding hydrogens is 464 g/mol. The Morgan fingerprint density at radius 3 is 2.20 bits per heavy atom. The zero-order valence-corrected chi connectivity index (χ0v) is 19.5. The van der Waals surface area contributed by atoms with Crippen LogP contribution in [-0.2, 0) is 9.53 Å². The van der Waals surface area contributed by atoms with Crippen LogP contribution < -0.4 is 11.2 Å². The second-order valence-corrected chi connectivity index (χ2v) is 8.83. The van der Waals surface area contributed by atoms with E-state index >= 15 is 0 Å². The summed E-state index contributed by atoms with van der Waals surface area (Å²) >= 11 is 1.18. The molecule has 0 amide bonds. The van der Waals surface area contributed by atoms with E-state index in [9.17, 15) is 14.4 Å². The lowest BCUT2D eigenvalue weighted by molar-refractivity contribution is -0.137. The fourth-order valence-electron chi connectivity index (χ4n) is 4.11. The summed E-state index contributed by atoms with van der Waals surface area (Å²) in [5.41, 5.74) is 3.27. The number of esters is 1. The van der Waals surface area contributed by atoms with Crippen LogP contribution in [-0.4, -0.2) is 38.6 Å². The van der Waals surface area contributed by atoms with Gasteiger partial charge in [0.1, 0.15) is 5.03 Å². The Hall–Kier alpha value is -4.24. The van der Waals surface area contributed by atoms with Crippen LogP contribution in [0.2, 0.25) is 0 Å². The number of carbonyl (C=O) groups excluding carboxylic acids is 1. The molecule has 2 aromatic carbocycles. The van der Waals surface area contributed by atoms with Crippen molar-refractivity contribution in [3.8, 4) is 5.82 Å². The van der Waals surface area contributed by atoms with Crippen molar-refractivity contribution in [2.45, 2.75) is 10.9 Å². The molecule has 0 saturated heterocycles. The summed E-state index contributed by atoms with van der Waals surface area (Å²) in [6.07, 6.45) is 5.61. The van der Waals surface area contributed by atoms with Crippen LogP contribution in [0.5, 0.6) is 0 Å². The molecular formula is C26H20N4O4S. The van der Waals surface area contributed by atoms with Gasteiger partial charge in [0.05, 0.1) is 12.9 Å². The van der Waals surface area contributed by atoms with Gasteiger partial charge in [-0.1, -0.05) is 72.4 Å². The van der Waals surface area contributed by atoms with Crippen LogP contribution in [0.15, 0.2) is 81.5 Å². The number of H-pyrrole nitrogens is 1. The minimum atomic E-state index is -0.615. The Labute approximate surface area is 204 Å². The third-order valence-corrected chi connectivity index (χ3v) is 6.67. The lowest BCUT2D eigenvalue weighted by Gasteiger charge is -2.20. The molecule has 4 aromatic rings. The van der Waals surface area contributed by atoms with Gasteiger partial charge in [-0.3, -0.25) is 19.1 Å². The predicted octanol–water partition coefficient (Wildman–Crippen LogP) is 3.24. The van der Waals surface area contributed by atoms with E-state index in [-0.39, 0.29) is 17.5 Å². The van der Waals surface area contributed by atoms with Crippen LogP contribution in [0.4, 0.5) is 0 Å². The summed E-state index contributed by atoms with van der Waals surface area (Å²) in [6.45, 7) is 0. The van der Waals surface area contributed by atoms with Crippen LogP contribution >= 0.6 is 11.8 Å². The van der Waals surface area contributed by atoms with Crippen molar-refractivity contribution in [2.24, 2.45) is 0 Å². The number of aromatic amines is 1. The SMILES string of the molecule is COC(=O)CSc1ccc(-n2cc(C3c4ccccc4C=Cc4ccccc43)c(=O)[nH]c2=O)nn1. The number of hydrogen-bond donors (Lipinski definition) is 1. The summed E-state index contributed by atoms with van der Waals surface area (Å²) in [5.74, 6) is -0.415. The zero-order valence-electron chi connectivity index (χ0n) is 18.7. The smallest absolute Gasteiger partial charge is 0.334 e. The quantitative estimate of drug-likeness (QED) is 0.301. The second-order valence-electron chi connectivity index (χ2n) is 7.83. The molecule has 5 rings (SSSR count). The summed E-state index contributed by atoms with van der Waals surface area (Å²) < 4.78 is 5.91. The number of ether oxygens (including phenoxy) is 1. The molecule has 0 radical (unpaired) electrons. The molecule has 174 valence electrons. The van der Waals surface area contributed by atoms with E-state index < -0.39 is 17.2 Å². The first-order valence-corrected chi connectivity index (χ1v) is 11.8. The molecule has 0 saturated carbocycles. The molecule has 0 bridgehead atoms. The van der Waals surface area contributed by atoms with Crippen molar-refractivity contribution in [3.63, 3.8) is 0 Å². The van der Waals surface area contributed by atoms with E-state index in [2.05, 4.69) is 19.9 Å². The Balaban J connectivity index is 1.61. The Morgan fingerprint density at radius 1 is 0.943 bits per heavy atom. The third-order valence-electron chi connectivity index (χ3n) is 5.78. The number of nitrogens with zero attached hydrogens (tertiary/aromatic N) is 3. The largest absolute Gasteiger partial charge is 0.468 e. The van der Waals surface area contributed by atoms with E-state index in [4.69, 9.17) is 0 Å². The number of thioether (sulfide) groups is 1. The second kappa shape index (κ2) is 9.55. The Kier molecular flexibility index (Phi) is 6.15. The monoisotopic (exact) mass is 484 g/mol. The Morgan fingerprint density at radius 2 is 1.60 bits per heavy atom. The van der Waals surface area contributed by atoms with Crippen LogP contribution in [0.25, 0.3) is 18.0 Å². The zero-order chi connectivity index (χ0) is 24.4. The number of hydrogen-bond acceptors (Lipinski definition) is 7. The van der Waals surface area contributed by atoms with Crippen molar-refractivity contribution in [1.29, 1.82) is 0 Å². The summed E-state index contributed by atoms with van der Waals surface area (Å²) in [4.78, 5) is 39.7. The average Bonchev–Trinajstić information content (AvgIpc) is 3.05. The fraction of sp³-hybridized carbons (Fsp3) is 0.115. The molecule has 9 heteroatoms. The molecule has 0 fully saturated rings. The van der Waals surface area contributed by atoms with Crippen molar-refractivity contribution < 1.29 is 9.53 Å². The Bertz CT molecular complexity index is 1510. The van der Waals surface area contributed by atoms with Gasteiger partial charge in [0.15, 0.2) is 5.82 Å². The molecule has 0 atom stereocenters. The highest BCUT2D eigenvalue weighted by molar-refractivity contribution is 7.99. The highest BCUT2D eigenvalue weighted by atomic mass is 32.2. The highest BCUT2D eigenvalue weighted by Gasteiger charge is 2.26. The fourth-order valence-corrected chi connectivity index (χ4v) is 4.75. The molecule has 1 aliphatic rings. The first kappa shape index (κ1) is 22.5. The first-order valence-electron chi connectivity index (χ1n) is 10.8. The van der Waals surface area contributed by atoms with Gasteiger partial charge in [-0.15, -0.1) is 10.2 Å². The number of rotatable bonds is 5. The van der Waals surface area contributed by atoms with E-state index in [0.29, 0.717) is 10.6 Å².